The van der Waals surface area contributed by atoms with E-state index >= 15 is 0 Å². The van der Waals surface area contributed by atoms with Crippen LogP contribution >= 0.6 is 11.3 Å². The van der Waals surface area contributed by atoms with Crippen molar-refractivity contribution in [1.29, 1.82) is 0 Å². The second-order valence-electron chi connectivity index (χ2n) is 7.90. The summed E-state index contributed by atoms with van der Waals surface area (Å²) >= 11 is 1.21. The van der Waals surface area contributed by atoms with Crippen molar-refractivity contribution in [1.82, 2.24) is 20.1 Å². The fourth-order valence-electron chi connectivity index (χ4n) is 3.44. The number of thiazole rings is 1. The zero-order valence-electron chi connectivity index (χ0n) is 20.1. The lowest BCUT2D eigenvalue weighted by molar-refractivity contribution is 0.0943. The Hall–Kier alpha value is -3.20. The Morgan fingerprint density at radius 1 is 1.21 bits per heavy atom. The average Bonchev–Trinajstić information content (AvgIpc) is 3.17. The van der Waals surface area contributed by atoms with Crippen LogP contribution < -0.4 is 20.3 Å². The quantitative estimate of drug-likeness (QED) is 0.532. The van der Waals surface area contributed by atoms with Gasteiger partial charge in [0.15, 0.2) is 11.5 Å². The molecule has 1 N–H and O–H groups in total. The number of amides is 1. The Labute approximate surface area is 197 Å². The molecule has 0 radical (unpaired) electrons. The summed E-state index contributed by atoms with van der Waals surface area (Å²) in [7, 11) is 3.21. The molecule has 1 unspecified atom stereocenters. The molecule has 3 rings (SSSR count). The molecule has 1 atom stereocenters. The highest BCUT2D eigenvalue weighted by Gasteiger charge is 2.22. The normalized spacial score (nSPS) is 11.8. The van der Waals surface area contributed by atoms with Gasteiger partial charge in [-0.05, 0) is 57.4 Å². The van der Waals surface area contributed by atoms with Gasteiger partial charge < -0.3 is 14.8 Å². The molecule has 0 aliphatic rings. The molecule has 8 nitrogen and oxygen atoms in total. The zero-order valence-corrected chi connectivity index (χ0v) is 20.9. The molecular weight excluding hydrogens is 440 g/mol. The minimum atomic E-state index is -0.269. The van der Waals surface area contributed by atoms with E-state index in [4.69, 9.17) is 9.47 Å². The van der Waals surface area contributed by atoms with Crippen molar-refractivity contribution in [2.45, 2.75) is 47.1 Å². The van der Waals surface area contributed by atoms with E-state index in [2.05, 4.69) is 15.4 Å². The van der Waals surface area contributed by atoms with Gasteiger partial charge in [-0.2, -0.15) is 5.10 Å². The summed E-state index contributed by atoms with van der Waals surface area (Å²) in [6.45, 7) is 10.0. The molecule has 9 heteroatoms. The standard InChI is InChI=1S/C24H30N4O4S/c1-8-11-32-18-10-9-17(12-19(18)31-7)15(4)25-22(29)21-16(5)26-23(33-21)20-13(2)14(3)27-28(6)24(20)30/h9-10,12,15H,8,11H2,1-7H3,(H,25,29). The lowest BCUT2D eigenvalue weighted by Gasteiger charge is -2.17. The van der Waals surface area contributed by atoms with Crippen molar-refractivity contribution in [2.24, 2.45) is 7.05 Å². The topological polar surface area (TPSA) is 95.3 Å². The molecule has 2 aromatic heterocycles. The van der Waals surface area contributed by atoms with Crippen molar-refractivity contribution < 1.29 is 14.3 Å². The fraction of sp³-hybridized carbons (Fsp3) is 0.417. The number of aryl methyl sites for hydroxylation is 3. The van der Waals surface area contributed by atoms with E-state index in [1.54, 1.807) is 21.1 Å². The van der Waals surface area contributed by atoms with E-state index < -0.39 is 0 Å². The van der Waals surface area contributed by atoms with Crippen molar-refractivity contribution in [2.75, 3.05) is 13.7 Å². The fourth-order valence-corrected chi connectivity index (χ4v) is 4.51. The zero-order chi connectivity index (χ0) is 24.3. The Morgan fingerprint density at radius 2 is 1.94 bits per heavy atom. The van der Waals surface area contributed by atoms with Gasteiger partial charge in [0.25, 0.3) is 11.5 Å². The van der Waals surface area contributed by atoms with Crippen molar-refractivity contribution in [3.63, 3.8) is 0 Å². The highest BCUT2D eigenvalue weighted by molar-refractivity contribution is 7.17. The minimum Gasteiger partial charge on any atom is -0.493 e. The van der Waals surface area contributed by atoms with Gasteiger partial charge in [-0.15, -0.1) is 11.3 Å². The van der Waals surface area contributed by atoms with E-state index in [9.17, 15) is 9.59 Å². The number of ether oxygens (including phenoxy) is 2. The Balaban J connectivity index is 1.85. The third kappa shape index (κ3) is 5.08. The van der Waals surface area contributed by atoms with Crippen LogP contribution in [0.15, 0.2) is 23.0 Å². The maximum absolute atomic E-state index is 13.1. The first-order chi connectivity index (χ1) is 15.7. The van der Waals surface area contributed by atoms with E-state index in [1.807, 2.05) is 45.9 Å². The van der Waals surface area contributed by atoms with Gasteiger partial charge in [-0.3, -0.25) is 9.59 Å². The van der Waals surface area contributed by atoms with Gasteiger partial charge in [0.1, 0.15) is 9.88 Å². The summed E-state index contributed by atoms with van der Waals surface area (Å²) in [6.07, 6.45) is 0.901. The molecule has 0 saturated carbocycles. The van der Waals surface area contributed by atoms with Gasteiger partial charge in [0.2, 0.25) is 0 Å². The molecule has 0 fully saturated rings. The number of carbonyl (C=O) groups is 1. The van der Waals surface area contributed by atoms with Gasteiger partial charge in [-0.1, -0.05) is 13.0 Å². The van der Waals surface area contributed by atoms with Crippen molar-refractivity contribution in [3.05, 3.63) is 55.9 Å². The van der Waals surface area contributed by atoms with Gasteiger partial charge in [-0.25, -0.2) is 9.67 Å². The predicted octanol–water partition coefficient (Wildman–Crippen LogP) is 4.12. The van der Waals surface area contributed by atoms with Crippen molar-refractivity contribution in [3.8, 4) is 22.1 Å². The second-order valence-corrected chi connectivity index (χ2v) is 8.90. The maximum atomic E-state index is 13.1. The Morgan fingerprint density at radius 3 is 2.61 bits per heavy atom. The van der Waals surface area contributed by atoms with E-state index in [0.29, 0.717) is 39.2 Å². The number of hydrogen-bond acceptors (Lipinski definition) is 7. The molecule has 0 aliphatic heterocycles. The first kappa shape index (κ1) is 24.4. The number of benzene rings is 1. The summed E-state index contributed by atoms with van der Waals surface area (Å²) in [5.41, 5.74) is 3.24. The van der Waals surface area contributed by atoms with Crippen LogP contribution in [-0.2, 0) is 7.05 Å². The molecule has 0 spiro atoms. The third-order valence-electron chi connectivity index (χ3n) is 5.44. The van der Waals surface area contributed by atoms with E-state index in [-0.39, 0.29) is 17.5 Å². The van der Waals surface area contributed by atoms with E-state index in [0.717, 1.165) is 23.2 Å². The first-order valence-corrected chi connectivity index (χ1v) is 11.6. The molecule has 3 aromatic rings. The van der Waals surface area contributed by atoms with Crippen molar-refractivity contribution >= 4 is 17.2 Å². The molecule has 2 heterocycles. The lowest BCUT2D eigenvalue weighted by Crippen LogP contribution is -2.26. The smallest absolute Gasteiger partial charge is 0.277 e. The SMILES string of the molecule is CCCOc1ccc(C(C)NC(=O)c2sc(-c3c(C)c(C)nn(C)c3=O)nc2C)cc1OC. The van der Waals surface area contributed by atoms with Crippen LogP contribution in [0.25, 0.3) is 10.6 Å². The summed E-state index contributed by atoms with van der Waals surface area (Å²) in [5.74, 6) is 1.06. The summed E-state index contributed by atoms with van der Waals surface area (Å²) in [5, 5.41) is 7.76. The number of carbonyl (C=O) groups excluding carboxylic acids is 1. The van der Waals surface area contributed by atoms with Gasteiger partial charge in [0.05, 0.1) is 36.7 Å². The highest BCUT2D eigenvalue weighted by atomic mass is 32.1. The summed E-state index contributed by atoms with van der Waals surface area (Å²) in [6, 6.07) is 5.37. The second kappa shape index (κ2) is 10.2. The van der Waals surface area contributed by atoms with E-state index in [1.165, 1.54) is 16.0 Å². The van der Waals surface area contributed by atoms with Crippen LogP contribution in [0.2, 0.25) is 0 Å². The maximum Gasteiger partial charge on any atom is 0.277 e. The number of methoxy groups -OCH3 is 1. The molecular formula is C24H30N4O4S. The number of aromatic nitrogens is 3. The molecule has 1 amide bonds. The van der Waals surface area contributed by atoms with Crippen LogP contribution in [0.5, 0.6) is 11.5 Å². The van der Waals surface area contributed by atoms with Crippen LogP contribution in [-0.4, -0.2) is 34.4 Å². The number of rotatable bonds is 8. The number of nitrogens with one attached hydrogen (secondary N) is 1. The predicted molar refractivity (Wildman–Crippen MR) is 129 cm³/mol. The number of nitrogens with zero attached hydrogens (tertiary/aromatic N) is 3. The van der Waals surface area contributed by atoms with Crippen LogP contribution in [0.1, 0.15) is 58.5 Å². The van der Waals surface area contributed by atoms with Gasteiger partial charge >= 0.3 is 0 Å². The molecule has 0 saturated heterocycles. The Kier molecular flexibility index (Phi) is 7.53. The number of hydrogen-bond donors (Lipinski definition) is 1. The molecule has 1 aromatic carbocycles. The van der Waals surface area contributed by atoms with Crippen LogP contribution in [0.4, 0.5) is 0 Å². The third-order valence-corrected chi connectivity index (χ3v) is 6.61. The molecule has 0 aliphatic carbocycles. The highest BCUT2D eigenvalue weighted by Crippen LogP contribution is 2.32. The molecule has 176 valence electrons. The van der Waals surface area contributed by atoms with Gasteiger partial charge in [0, 0.05) is 7.05 Å². The summed E-state index contributed by atoms with van der Waals surface area (Å²) < 4.78 is 12.5. The lowest BCUT2D eigenvalue weighted by atomic mass is 10.1. The van der Waals surface area contributed by atoms with Crippen LogP contribution in [0.3, 0.4) is 0 Å². The molecule has 33 heavy (non-hydrogen) atoms. The summed E-state index contributed by atoms with van der Waals surface area (Å²) in [4.78, 5) is 30.8. The van der Waals surface area contributed by atoms with Crippen LogP contribution in [0, 0.1) is 20.8 Å². The monoisotopic (exact) mass is 470 g/mol. The average molecular weight is 471 g/mol. The minimum absolute atomic E-state index is 0.232. The molecule has 0 bridgehead atoms. The first-order valence-electron chi connectivity index (χ1n) is 10.8. The Bertz CT molecular complexity index is 1230. The largest absolute Gasteiger partial charge is 0.493 e.